The molecular formula is C25H27N5O6S. The van der Waals surface area contributed by atoms with Crippen LogP contribution in [-0.2, 0) is 16.1 Å². The molecule has 0 spiro atoms. The number of ether oxygens (including phenoxy) is 2. The van der Waals surface area contributed by atoms with Gasteiger partial charge in [0.2, 0.25) is 5.91 Å². The molecule has 0 unspecified atom stereocenters. The normalized spacial score (nSPS) is 11.3. The number of methoxy groups -OCH3 is 2. The van der Waals surface area contributed by atoms with E-state index >= 15 is 0 Å². The fourth-order valence-electron chi connectivity index (χ4n) is 3.31. The molecule has 0 aliphatic rings. The van der Waals surface area contributed by atoms with E-state index in [0.29, 0.717) is 40.1 Å². The molecule has 0 aliphatic carbocycles. The first-order chi connectivity index (χ1) is 17.9. The Morgan fingerprint density at radius 3 is 2.54 bits per heavy atom. The van der Waals surface area contributed by atoms with E-state index in [-0.39, 0.29) is 11.7 Å². The van der Waals surface area contributed by atoms with Gasteiger partial charge in [-0.15, -0.1) is 16.8 Å². The number of hydrogen-bond acceptors (Lipinski definition) is 9. The van der Waals surface area contributed by atoms with Crippen molar-refractivity contribution in [2.45, 2.75) is 17.7 Å². The van der Waals surface area contributed by atoms with Crippen LogP contribution in [0.15, 0.2) is 66.3 Å². The largest absolute Gasteiger partial charge is 0.497 e. The summed E-state index contributed by atoms with van der Waals surface area (Å²) in [5, 5.41) is 24.2. The Hall–Kier alpha value is -4.16. The Kier molecular flexibility index (Phi) is 9.81. The highest BCUT2D eigenvalue weighted by Crippen LogP contribution is 2.22. The summed E-state index contributed by atoms with van der Waals surface area (Å²) < 4.78 is 11.5. The Morgan fingerprint density at radius 2 is 1.89 bits per heavy atom. The standard InChI is InChI=1S/C25H27N5O6S/c1-4-12-30-22(20(14-31)27-23(33)16-8-10-19(35-2)11-9-16)28-29-25(30)37-15-21(32)26-18-7-5-6-17(13-18)24(34)36-3/h4-11,13,20,31H,1,12,14-15H2,2-3H3,(H,26,32)(H,27,33)/t20-/m0/s1. The molecule has 1 atom stereocenters. The molecule has 0 aliphatic heterocycles. The van der Waals surface area contributed by atoms with Crippen LogP contribution in [0.3, 0.4) is 0 Å². The van der Waals surface area contributed by atoms with Gasteiger partial charge in [0, 0.05) is 17.8 Å². The lowest BCUT2D eigenvalue weighted by atomic mass is 10.2. The number of aliphatic hydroxyl groups is 1. The number of aromatic nitrogens is 3. The highest BCUT2D eigenvalue weighted by molar-refractivity contribution is 7.99. The second-order valence-electron chi connectivity index (χ2n) is 7.59. The summed E-state index contributed by atoms with van der Waals surface area (Å²) in [6.45, 7) is 3.62. The summed E-state index contributed by atoms with van der Waals surface area (Å²) in [4.78, 5) is 36.9. The van der Waals surface area contributed by atoms with Gasteiger partial charge in [0.25, 0.3) is 5.91 Å². The quantitative estimate of drug-likeness (QED) is 0.184. The van der Waals surface area contributed by atoms with Gasteiger partial charge in [-0.05, 0) is 42.5 Å². The molecule has 3 rings (SSSR count). The number of benzene rings is 2. The van der Waals surface area contributed by atoms with Crippen LogP contribution >= 0.6 is 11.8 Å². The maximum atomic E-state index is 12.7. The van der Waals surface area contributed by atoms with Crippen molar-refractivity contribution >= 4 is 35.2 Å². The first kappa shape index (κ1) is 27.4. The number of carbonyl (C=O) groups is 3. The minimum absolute atomic E-state index is 0.000271. The van der Waals surface area contributed by atoms with Crippen molar-refractivity contribution in [3.63, 3.8) is 0 Å². The van der Waals surface area contributed by atoms with Gasteiger partial charge in [-0.1, -0.05) is 23.9 Å². The van der Waals surface area contributed by atoms with Gasteiger partial charge < -0.3 is 29.8 Å². The Bertz CT molecular complexity index is 1260. The number of amides is 2. The molecule has 11 nitrogen and oxygen atoms in total. The average molecular weight is 526 g/mol. The maximum absolute atomic E-state index is 12.7. The van der Waals surface area contributed by atoms with E-state index in [0.717, 1.165) is 11.8 Å². The van der Waals surface area contributed by atoms with E-state index < -0.39 is 24.5 Å². The van der Waals surface area contributed by atoms with Crippen molar-refractivity contribution in [3.05, 3.63) is 78.1 Å². The van der Waals surface area contributed by atoms with Crippen molar-refractivity contribution in [1.82, 2.24) is 20.1 Å². The number of nitrogens with zero attached hydrogens (tertiary/aromatic N) is 3. The number of aliphatic hydroxyl groups excluding tert-OH is 1. The molecule has 2 aromatic carbocycles. The highest BCUT2D eigenvalue weighted by Gasteiger charge is 2.23. The number of anilines is 1. The van der Waals surface area contributed by atoms with Gasteiger partial charge in [0.05, 0.1) is 32.1 Å². The third-order valence-corrected chi connectivity index (χ3v) is 6.08. The van der Waals surface area contributed by atoms with Crippen LogP contribution in [0.5, 0.6) is 5.75 Å². The zero-order valence-electron chi connectivity index (χ0n) is 20.3. The van der Waals surface area contributed by atoms with E-state index in [9.17, 15) is 19.5 Å². The van der Waals surface area contributed by atoms with E-state index in [2.05, 4.69) is 27.4 Å². The van der Waals surface area contributed by atoms with E-state index in [4.69, 9.17) is 9.47 Å². The molecule has 0 radical (unpaired) electrons. The van der Waals surface area contributed by atoms with Gasteiger partial charge in [-0.2, -0.15) is 0 Å². The van der Waals surface area contributed by atoms with E-state index in [1.54, 1.807) is 53.1 Å². The van der Waals surface area contributed by atoms with Crippen LogP contribution in [0.2, 0.25) is 0 Å². The molecule has 0 saturated heterocycles. The minimum atomic E-state index is -0.841. The molecule has 194 valence electrons. The number of esters is 1. The van der Waals surface area contributed by atoms with E-state index in [1.807, 2.05) is 0 Å². The second kappa shape index (κ2) is 13.2. The number of carbonyl (C=O) groups excluding carboxylic acids is 3. The van der Waals surface area contributed by atoms with Gasteiger partial charge in [-0.3, -0.25) is 9.59 Å². The van der Waals surface area contributed by atoms with Crippen molar-refractivity contribution in [2.24, 2.45) is 0 Å². The minimum Gasteiger partial charge on any atom is -0.497 e. The molecule has 0 fully saturated rings. The van der Waals surface area contributed by atoms with Crippen LogP contribution in [0.4, 0.5) is 5.69 Å². The average Bonchev–Trinajstić information content (AvgIpc) is 3.32. The molecule has 3 N–H and O–H groups in total. The topological polar surface area (TPSA) is 145 Å². The van der Waals surface area contributed by atoms with Crippen molar-refractivity contribution in [2.75, 3.05) is 31.9 Å². The lowest BCUT2D eigenvalue weighted by molar-refractivity contribution is -0.113. The highest BCUT2D eigenvalue weighted by atomic mass is 32.2. The summed E-state index contributed by atoms with van der Waals surface area (Å²) in [5.74, 6) is -0.306. The number of nitrogens with one attached hydrogen (secondary N) is 2. The summed E-state index contributed by atoms with van der Waals surface area (Å²) in [6.07, 6.45) is 1.62. The van der Waals surface area contributed by atoms with Crippen LogP contribution in [0.25, 0.3) is 0 Å². The monoisotopic (exact) mass is 525 g/mol. The van der Waals surface area contributed by atoms with Gasteiger partial charge in [-0.25, -0.2) is 4.79 Å². The number of allylic oxidation sites excluding steroid dienone is 1. The molecule has 0 bridgehead atoms. The van der Waals surface area contributed by atoms with Crippen molar-refractivity contribution in [1.29, 1.82) is 0 Å². The number of thioether (sulfide) groups is 1. The van der Waals surface area contributed by atoms with Crippen LogP contribution < -0.4 is 15.4 Å². The molecule has 37 heavy (non-hydrogen) atoms. The predicted octanol–water partition coefficient (Wildman–Crippen LogP) is 2.45. The third-order valence-electron chi connectivity index (χ3n) is 5.11. The zero-order chi connectivity index (χ0) is 26.8. The summed E-state index contributed by atoms with van der Waals surface area (Å²) in [6, 6.07) is 12.1. The Morgan fingerprint density at radius 1 is 1.14 bits per heavy atom. The molecule has 3 aromatic rings. The molecular weight excluding hydrogens is 498 g/mol. The summed E-state index contributed by atoms with van der Waals surface area (Å²) >= 11 is 1.13. The van der Waals surface area contributed by atoms with Gasteiger partial charge in [0.15, 0.2) is 11.0 Å². The Balaban J connectivity index is 1.68. The molecule has 1 heterocycles. The SMILES string of the molecule is C=CCn1c(SCC(=O)Nc2cccc(C(=O)OC)c2)nnc1[C@H](CO)NC(=O)c1ccc(OC)cc1. The zero-order valence-corrected chi connectivity index (χ0v) is 21.2. The van der Waals surface area contributed by atoms with Crippen LogP contribution in [-0.4, -0.2) is 64.2 Å². The third kappa shape index (κ3) is 7.18. The molecule has 1 aromatic heterocycles. The number of rotatable bonds is 12. The molecule has 0 saturated carbocycles. The van der Waals surface area contributed by atoms with Gasteiger partial charge >= 0.3 is 5.97 Å². The van der Waals surface area contributed by atoms with Crippen molar-refractivity contribution < 1.29 is 29.0 Å². The fraction of sp³-hybridized carbons (Fsp3) is 0.240. The molecule has 12 heteroatoms. The van der Waals surface area contributed by atoms with Crippen molar-refractivity contribution in [3.8, 4) is 5.75 Å². The number of hydrogen-bond donors (Lipinski definition) is 3. The summed E-state index contributed by atoms with van der Waals surface area (Å²) in [5.41, 5.74) is 1.15. The first-order valence-electron chi connectivity index (χ1n) is 11.1. The second-order valence-corrected chi connectivity index (χ2v) is 8.53. The fourth-order valence-corrected chi connectivity index (χ4v) is 4.06. The lowest BCUT2D eigenvalue weighted by Crippen LogP contribution is -2.33. The predicted molar refractivity (Wildman–Crippen MR) is 138 cm³/mol. The Labute approximate surface area is 217 Å². The first-order valence-corrected chi connectivity index (χ1v) is 12.1. The van der Waals surface area contributed by atoms with Crippen LogP contribution in [0.1, 0.15) is 32.6 Å². The summed E-state index contributed by atoms with van der Waals surface area (Å²) in [7, 11) is 2.81. The van der Waals surface area contributed by atoms with E-state index in [1.165, 1.54) is 20.3 Å². The van der Waals surface area contributed by atoms with Gasteiger partial charge in [0.1, 0.15) is 11.8 Å². The lowest BCUT2D eigenvalue weighted by Gasteiger charge is -2.17. The smallest absolute Gasteiger partial charge is 0.337 e. The van der Waals surface area contributed by atoms with Crippen LogP contribution in [0, 0.1) is 0 Å². The maximum Gasteiger partial charge on any atom is 0.337 e. The molecule has 2 amide bonds.